The van der Waals surface area contributed by atoms with E-state index in [9.17, 15) is 18.3 Å². The maximum absolute atomic E-state index is 12.1. The Bertz CT molecular complexity index is 610. The fraction of sp³-hybridized carbons (Fsp3) is 0.533. The minimum Gasteiger partial charge on any atom is -0.480 e. The van der Waals surface area contributed by atoms with Gasteiger partial charge in [-0.25, -0.2) is 8.42 Å². The quantitative estimate of drug-likeness (QED) is 0.676. The van der Waals surface area contributed by atoms with Crippen molar-refractivity contribution in [1.82, 2.24) is 4.72 Å². The Morgan fingerprint density at radius 1 is 1.26 bits per heavy atom. The van der Waals surface area contributed by atoms with Crippen molar-refractivity contribution in [2.45, 2.75) is 25.0 Å². The molecule has 8 heteroatoms. The van der Waals surface area contributed by atoms with Crippen LogP contribution in [0.2, 0.25) is 0 Å². The van der Waals surface area contributed by atoms with Crippen molar-refractivity contribution < 1.29 is 27.8 Å². The number of carbonyl (C=O) groups is 1. The first-order chi connectivity index (χ1) is 10.9. The van der Waals surface area contributed by atoms with Crippen LogP contribution in [0.3, 0.4) is 0 Å². The fourth-order valence-electron chi connectivity index (χ4n) is 2.36. The van der Waals surface area contributed by atoms with Gasteiger partial charge in [-0.1, -0.05) is 30.3 Å². The van der Waals surface area contributed by atoms with Crippen LogP contribution in [0.1, 0.15) is 18.4 Å². The predicted octanol–water partition coefficient (Wildman–Crippen LogP) is 0.756. The van der Waals surface area contributed by atoms with Crippen molar-refractivity contribution in [2.75, 3.05) is 25.6 Å². The second kappa shape index (κ2) is 7.87. The smallest absolute Gasteiger partial charge is 0.325 e. The SMILES string of the molecule is O=C(O)C1(NS(=O)(=O)CCOCc2ccccc2)CCOCC1. The topological polar surface area (TPSA) is 102 Å². The third-order valence-corrected chi connectivity index (χ3v) is 5.12. The van der Waals surface area contributed by atoms with E-state index in [1.54, 1.807) is 0 Å². The molecule has 0 aromatic heterocycles. The molecule has 0 amide bonds. The molecule has 0 radical (unpaired) electrons. The van der Waals surface area contributed by atoms with Crippen molar-refractivity contribution in [3.63, 3.8) is 0 Å². The summed E-state index contributed by atoms with van der Waals surface area (Å²) in [5.41, 5.74) is -0.527. The number of hydrogen-bond donors (Lipinski definition) is 2. The number of carboxylic acids is 1. The highest BCUT2D eigenvalue weighted by molar-refractivity contribution is 7.89. The van der Waals surface area contributed by atoms with Gasteiger partial charge in [0.25, 0.3) is 0 Å². The van der Waals surface area contributed by atoms with Crippen LogP contribution < -0.4 is 4.72 Å². The number of ether oxygens (including phenoxy) is 2. The van der Waals surface area contributed by atoms with Gasteiger partial charge >= 0.3 is 5.97 Å². The Balaban J connectivity index is 1.84. The summed E-state index contributed by atoms with van der Waals surface area (Å²) in [6, 6.07) is 9.40. The molecule has 0 spiro atoms. The van der Waals surface area contributed by atoms with Gasteiger partial charge in [-0.2, -0.15) is 4.72 Å². The summed E-state index contributed by atoms with van der Waals surface area (Å²) in [7, 11) is -3.75. The molecule has 1 fully saturated rings. The maximum atomic E-state index is 12.1. The van der Waals surface area contributed by atoms with Crippen LogP contribution in [0.15, 0.2) is 30.3 Å². The first-order valence-corrected chi connectivity index (χ1v) is 9.03. The Hall–Kier alpha value is -1.48. The van der Waals surface area contributed by atoms with E-state index in [1.807, 2.05) is 30.3 Å². The van der Waals surface area contributed by atoms with Gasteiger partial charge in [-0.3, -0.25) is 4.79 Å². The Morgan fingerprint density at radius 3 is 2.52 bits per heavy atom. The summed E-state index contributed by atoms with van der Waals surface area (Å²) in [6.07, 6.45) is 0.235. The number of aliphatic carboxylic acids is 1. The monoisotopic (exact) mass is 343 g/mol. The molecule has 7 nitrogen and oxygen atoms in total. The predicted molar refractivity (Wildman–Crippen MR) is 83.4 cm³/mol. The van der Waals surface area contributed by atoms with Crippen molar-refractivity contribution in [1.29, 1.82) is 0 Å². The first-order valence-electron chi connectivity index (χ1n) is 7.38. The number of nitrogens with one attached hydrogen (secondary N) is 1. The van der Waals surface area contributed by atoms with Gasteiger partial charge in [0, 0.05) is 26.1 Å². The van der Waals surface area contributed by atoms with Crippen molar-refractivity contribution >= 4 is 16.0 Å². The maximum Gasteiger partial charge on any atom is 0.325 e. The Labute approximate surface area is 135 Å². The number of benzene rings is 1. The summed E-state index contributed by atoms with van der Waals surface area (Å²) >= 11 is 0. The lowest BCUT2D eigenvalue weighted by molar-refractivity contribution is -0.147. The van der Waals surface area contributed by atoms with Crippen LogP contribution in [0.4, 0.5) is 0 Å². The zero-order valence-electron chi connectivity index (χ0n) is 12.7. The zero-order chi connectivity index (χ0) is 16.8. The minimum absolute atomic E-state index is 0.00354. The van der Waals surface area contributed by atoms with Gasteiger partial charge in [0.05, 0.1) is 19.0 Å². The van der Waals surface area contributed by atoms with Gasteiger partial charge in [-0.05, 0) is 5.56 Å². The van der Waals surface area contributed by atoms with Crippen LogP contribution in [0, 0.1) is 0 Å². The normalized spacial score (nSPS) is 17.7. The number of hydrogen-bond acceptors (Lipinski definition) is 5. The van der Waals surface area contributed by atoms with E-state index < -0.39 is 21.5 Å². The molecule has 1 aromatic rings. The molecule has 1 aliphatic heterocycles. The molecule has 1 saturated heterocycles. The van der Waals surface area contributed by atoms with Crippen LogP contribution in [-0.2, 0) is 30.9 Å². The standard InChI is InChI=1S/C15H21NO6S/c17-14(18)15(6-8-21-9-7-15)16-23(19,20)11-10-22-12-13-4-2-1-3-5-13/h1-5,16H,6-12H2,(H,17,18). The summed E-state index contributed by atoms with van der Waals surface area (Å²) in [4.78, 5) is 11.5. The third-order valence-electron chi connectivity index (χ3n) is 3.71. The largest absolute Gasteiger partial charge is 0.480 e. The van der Waals surface area contributed by atoms with Crippen molar-refractivity contribution in [3.8, 4) is 0 Å². The summed E-state index contributed by atoms with van der Waals surface area (Å²) in [5.74, 6) is -1.45. The van der Waals surface area contributed by atoms with E-state index in [0.29, 0.717) is 6.61 Å². The highest BCUT2D eigenvalue weighted by Gasteiger charge is 2.43. The van der Waals surface area contributed by atoms with Crippen molar-refractivity contribution in [3.05, 3.63) is 35.9 Å². The minimum atomic E-state index is -3.75. The summed E-state index contributed by atoms with van der Waals surface area (Å²) in [5, 5.41) is 9.36. The molecule has 23 heavy (non-hydrogen) atoms. The second-order valence-electron chi connectivity index (χ2n) is 5.46. The molecule has 0 saturated carbocycles. The molecule has 2 N–H and O–H groups in total. The van der Waals surface area contributed by atoms with Crippen molar-refractivity contribution in [2.24, 2.45) is 0 Å². The van der Waals surface area contributed by atoms with E-state index in [1.165, 1.54) is 0 Å². The van der Waals surface area contributed by atoms with E-state index in [-0.39, 0.29) is 38.4 Å². The molecular weight excluding hydrogens is 322 g/mol. The molecule has 0 unspecified atom stereocenters. The van der Waals surface area contributed by atoms with E-state index in [4.69, 9.17) is 9.47 Å². The zero-order valence-corrected chi connectivity index (χ0v) is 13.5. The van der Waals surface area contributed by atoms with Crippen LogP contribution in [-0.4, -0.2) is 50.6 Å². The van der Waals surface area contributed by atoms with Gasteiger partial charge in [0.1, 0.15) is 5.54 Å². The van der Waals surface area contributed by atoms with Gasteiger partial charge < -0.3 is 14.6 Å². The molecule has 1 heterocycles. The lowest BCUT2D eigenvalue weighted by Crippen LogP contribution is -2.58. The van der Waals surface area contributed by atoms with E-state index in [2.05, 4.69) is 4.72 Å². The Morgan fingerprint density at radius 2 is 1.91 bits per heavy atom. The number of sulfonamides is 1. The van der Waals surface area contributed by atoms with Crippen LogP contribution in [0.25, 0.3) is 0 Å². The van der Waals surface area contributed by atoms with E-state index in [0.717, 1.165) is 5.56 Å². The fourth-order valence-corrected chi connectivity index (χ4v) is 3.69. The summed E-state index contributed by atoms with van der Waals surface area (Å²) in [6.45, 7) is 0.753. The molecule has 2 rings (SSSR count). The highest BCUT2D eigenvalue weighted by atomic mass is 32.2. The average Bonchev–Trinajstić information content (AvgIpc) is 2.53. The van der Waals surface area contributed by atoms with Gasteiger partial charge in [0.2, 0.25) is 10.0 Å². The first kappa shape index (κ1) is 17.9. The third kappa shape index (κ3) is 5.28. The second-order valence-corrected chi connectivity index (χ2v) is 7.30. The molecule has 0 aliphatic carbocycles. The van der Waals surface area contributed by atoms with Crippen LogP contribution in [0.5, 0.6) is 0 Å². The molecule has 128 valence electrons. The average molecular weight is 343 g/mol. The summed E-state index contributed by atoms with van der Waals surface area (Å²) < 4.78 is 37.0. The molecule has 1 aliphatic rings. The molecule has 0 atom stereocenters. The van der Waals surface area contributed by atoms with E-state index >= 15 is 0 Å². The lowest BCUT2D eigenvalue weighted by Gasteiger charge is -2.33. The molecule has 1 aromatic carbocycles. The lowest BCUT2D eigenvalue weighted by atomic mass is 9.92. The molecule has 0 bridgehead atoms. The number of rotatable bonds is 8. The number of carboxylic acid groups (broad SMARTS) is 1. The molecular formula is C15H21NO6S. The van der Waals surface area contributed by atoms with Crippen LogP contribution >= 0.6 is 0 Å². The van der Waals surface area contributed by atoms with Gasteiger partial charge in [0.15, 0.2) is 0 Å². The Kier molecular flexibility index (Phi) is 6.11. The van der Waals surface area contributed by atoms with Gasteiger partial charge in [-0.15, -0.1) is 0 Å². The highest BCUT2D eigenvalue weighted by Crippen LogP contribution is 2.22.